The summed E-state index contributed by atoms with van der Waals surface area (Å²) < 4.78 is 23.4. The minimum Gasteiger partial charge on any atom is -0.495 e. The van der Waals surface area contributed by atoms with Gasteiger partial charge in [0.2, 0.25) is 29.6 Å². The van der Waals surface area contributed by atoms with Crippen LogP contribution in [0.3, 0.4) is 0 Å². The fourth-order valence-electron chi connectivity index (χ4n) is 8.19. The van der Waals surface area contributed by atoms with Crippen molar-refractivity contribution in [2.75, 3.05) is 93.9 Å². The number of anilines is 5. The van der Waals surface area contributed by atoms with Gasteiger partial charge in [0.15, 0.2) is 5.82 Å². The third-order valence-electron chi connectivity index (χ3n) is 11.8. The normalized spacial score (nSPS) is 16.6. The zero-order chi connectivity index (χ0) is 48.9. The van der Waals surface area contributed by atoms with Gasteiger partial charge in [-0.3, -0.25) is 34.1 Å². The molecule has 366 valence electrons. The van der Waals surface area contributed by atoms with E-state index in [2.05, 4.69) is 47.5 Å². The number of carbonyl (C=O) groups is 6. The summed E-state index contributed by atoms with van der Waals surface area (Å²) in [6.07, 6.45) is 2.86. The van der Waals surface area contributed by atoms with Gasteiger partial charge in [-0.05, 0) is 60.9 Å². The molecule has 1 saturated heterocycles. The van der Waals surface area contributed by atoms with Crippen molar-refractivity contribution in [1.29, 1.82) is 0 Å². The number of rotatable bonds is 24. The number of aromatic nitrogens is 2. The number of benzene rings is 3. The van der Waals surface area contributed by atoms with Gasteiger partial charge < -0.3 is 54.9 Å². The Bertz CT molecular complexity index is 2510. The Morgan fingerprint density at radius 3 is 2.36 bits per heavy atom. The lowest BCUT2D eigenvalue weighted by molar-refractivity contribution is -0.137. The molecule has 7 rings (SSSR count). The van der Waals surface area contributed by atoms with Gasteiger partial charge in [-0.1, -0.05) is 41.1 Å². The second-order valence-electron chi connectivity index (χ2n) is 16.4. The number of hydrogen-bond donors (Lipinski definition) is 5. The predicted molar refractivity (Wildman–Crippen MR) is 260 cm³/mol. The van der Waals surface area contributed by atoms with Crippen molar-refractivity contribution in [2.24, 2.45) is 0 Å². The van der Waals surface area contributed by atoms with Crippen LogP contribution in [-0.2, 0) is 46.5 Å². The summed E-state index contributed by atoms with van der Waals surface area (Å²) in [7, 11) is 3.25. The quantitative estimate of drug-likeness (QED) is 0.0495. The van der Waals surface area contributed by atoms with E-state index in [-0.39, 0.29) is 68.5 Å². The van der Waals surface area contributed by atoms with Crippen LogP contribution in [-0.4, -0.2) is 136 Å². The van der Waals surface area contributed by atoms with Crippen molar-refractivity contribution >= 4 is 80.2 Å². The number of piperidine rings is 1. The monoisotopic (exact) mass is 1010 g/mol. The molecule has 3 aliphatic rings. The van der Waals surface area contributed by atoms with Crippen LogP contribution >= 0.6 is 15.9 Å². The highest BCUT2D eigenvalue weighted by Crippen LogP contribution is 2.38. The summed E-state index contributed by atoms with van der Waals surface area (Å²) in [6, 6.07) is 17.0. The summed E-state index contributed by atoms with van der Waals surface area (Å²) in [6.45, 7) is 6.05. The van der Waals surface area contributed by atoms with Crippen LogP contribution in [0.4, 0.5) is 28.8 Å². The van der Waals surface area contributed by atoms with Crippen LogP contribution in [0.1, 0.15) is 64.4 Å². The SMILES string of the molecule is CC[C@@H]1C(=O)N(C)c2cnc(Nc3ccc(C(=O)NCCOCCOCCOCCNCCC(=O)Nc4cccc5c4CN(C4CCC(=O)NC4=O)C5=O)cc3OC)nc2N1Cc1ccc(Br)cc1. The second kappa shape index (κ2) is 24.2. The van der Waals surface area contributed by atoms with Gasteiger partial charge in [0.25, 0.3) is 11.8 Å². The van der Waals surface area contributed by atoms with E-state index in [4.69, 9.17) is 23.9 Å². The van der Waals surface area contributed by atoms with Gasteiger partial charge in [0.05, 0.1) is 58.6 Å². The van der Waals surface area contributed by atoms with E-state index >= 15 is 0 Å². The maximum absolute atomic E-state index is 13.3. The molecule has 0 radical (unpaired) electrons. The zero-order valence-corrected chi connectivity index (χ0v) is 40.4. The number of imide groups is 1. The first kappa shape index (κ1) is 50.4. The number of likely N-dealkylation sites (N-methyl/N-ethyl adjacent to an activating group) is 1. The number of methoxy groups -OCH3 is 1. The van der Waals surface area contributed by atoms with Gasteiger partial charge in [0, 0.05) is 79.5 Å². The van der Waals surface area contributed by atoms with Crippen LogP contribution in [0.2, 0.25) is 0 Å². The summed E-state index contributed by atoms with van der Waals surface area (Å²) in [5.41, 5.74) is 4.20. The highest BCUT2D eigenvalue weighted by Gasteiger charge is 2.40. The van der Waals surface area contributed by atoms with Crippen LogP contribution in [0.5, 0.6) is 5.75 Å². The van der Waals surface area contributed by atoms with Crippen LogP contribution in [0.25, 0.3) is 0 Å². The van der Waals surface area contributed by atoms with Crippen molar-refractivity contribution in [1.82, 2.24) is 30.8 Å². The lowest BCUT2D eigenvalue weighted by Crippen LogP contribution is -2.52. The number of ether oxygens (including phenoxy) is 4. The highest BCUT2D eigenvalue weighted by molar-refractivity contribution is 9.10. The Kier molecular flexibility index (Phi) is 17.6. The average molecular weight is 1010 g/mol. The van der Waals surface area contributed by atoms with Gasteiger partial charge in [-0.15, -0.1) is 0 Å². The van der Waals surface area contributed by atoms with Gasteiger partial charge in [0.1, 0.15) is 23.5 Å². The van der Waals surface area contributed by atoms with Gasteiger partial charge >= 0.3 is 0 Å². The molecule has 69 heavy (non-hydrogen) atoms. The molecule has 2 atom stereocenters. The Morgan fingerprint density at radius 2 is 1.64 bits per heavy atom. The molecule has 6 amide bonds. The second-order valence-corrected chi connectivity index (χ2v) is 17.3. The van der Waals surface area contributed by atoms with E-state index in [1.54, 1.807) is 54.5 Å². The topological polar surface area (TPSA) is 235 Å². The molecule has 1 fully saturated rings. The molecule has 0 saturated carbocycles. The number of halogens is 1. The van der Waals surface area contributed by atoms with E-state index in [9.17, 15) is 28.8 Å². The first-order chi connectivity index (χ1) is 33.4. The Labute approximate surface area is 408 Å². The highest BCUT2D eigenvalue weighted by atomic mass is 79.9. The Balaban J connectivity index is 0.739. The summed E-state index contributed by atoms with van der Waals surface area (Å²) in [5, 5.41) is 14.4. The minimum atomic E-state index is -0.729. The van der Waals surface area contributed by atoms with Crippen molar-refractivity contribution in [3.8, 4) is 5.75 Å². The number of amides is 6. The molecule has 3 aromatic carbocycles. The molecule has 21 heteroatoms. The van der Waals surface area contributed by atoms with Gasteiger partial charge in [-0.2, -0.15) is 4.98 Å². The van der Waals surface area contributed by atoms with Crippen molar-refractivity contribution in [3.05, 3.63) is 93.6 Å². The summed E-state index contributed by atoms with van der Waals surface area (Å²) in [5.74, 6) is -0.324. The van der Waals surface area contributed by atoms with Crippen LogP contribution in [0.15, 0.2) is 71.3 Å². The van der Waals surface area contributed by atoms with Crippen LogP contribution < -0.4 is 41.1 Å². The lowest BCUT2D eigenvalue weighted by Gasteiger charge is -2.40. The predicted octanol–water partition coefficient (Wildman–Crippen LogP) is 3.91. The zero-order valence-electron chi connectivity index (χ0n) is 38.8. The molecular weight excluding hydrogens is 956 g/mol. The minimum absolute atomic E-state index is 0.0248. The Morgan fingerprint density at radius 1 is 0.899 bits per heavy atom. The molecular formula is C48H57BrN10O10. The molecule has 0 aliphatic carbocycles. The standard InChI is InChI=1S/C48H57BrN10O10/c1-4-37-47(65)57(2)39-27-52-48(56-43(39)58(37)28-30-8-11-32(49)12-9-30)54-36-13-10-31(26-40(36)66-3)44(62)51-19-21-68-23-25-69-24-22-67-20-18-50-17-16-42(61)53-35-7-5-6-33-34(35)29-59(46(33)64)38-14-15-41(60)55-45(38)63/h5-13,26-27,37-38,50H,4,14-25,28-29H2,1-3H3,(H,51,62)(H,53,61)(H,52,54,56)(H,55,60,63)/t37-,38?/m1/s1. The molecule has 1 aromatic heterocycles. The number of nitrogens with one attached hydrogen (secondary N) is 5. The van der Waals surface area contributed by atoms with E-state index < -0.39 is 18.0 Å². The largest absolute Gasteiger partial charge is 0.495 e. The van der Waals surface area contributed by atoms with Crippen molar-refractivity contribution < 1.29 is 47.7 Å². The third kappa shape index (κ3) is 12.8. The van der Waals surface area contributed by atoms with Gasteiger partial charge in [-0.25, -0.2) is 4.98 Å². The number of fused-ring (bicyclic) bond motifs is 2. The first-order valence-corrected chi connectivity index (χ1v) is 23.6. The fourth-order valence-corrected chi connectivity index (χ4v) is 8.45. The molecule has 1 unspecified atom stereocenters. The number of carbonyl (C=O) groups excluding carboxylic acids is 6. The third-order valence-corrected chi connectivity index (χ3v) is 12.4. The lowest BCUT2D eigenvalue weighted by atomic mass is 10.0. The van der Waals surface area contributed by atoms with Crippen LogP contribution in [0, 0.1) is 0 Å². The number of hydrogen-bond acceptors (Lipinski definition) is 15. The van der Waals surface area contributed by atoms with E-state index in [0.29, 0.717) is 110 Å². The Hall–Kier alpha value is -6.52. The molecule has 3 aliphatic heterocycles. The molecule has 4 heterocycles. The molecule has 0 spiro atoms. The van der Waals surface area contributed by atoms with Crippen molar-refractivity contribution in [3.63, 3.8) is 0 Å². The summed E-state index contributed by atoms with van der Waals surface area (Å²) in [4.78, 5) is 90.5. The van der Waals surface area contributed by atoms with E-state index in [1.165, 1.54) is 12.0 Å². The molecule has 5 N–H and O–H groups in total. The van der Waals surface area contributed by atoms with E-state index in [0.717, 1.165) is 10.0 Å². The molecule has 0 bridgehead atoms. The molecule has 20 nitrogen and oxygen atoms in total. The average Bonchev–Trinajstić information content (AvgIpc) is 3.68. The summed E-state index contributed by atoms with van der Waals surface area (Å²) >= 11 is 3.49. The molecule has 4 aromatic rings. The van der Waals surface area contributed by atoms with E-state index in [1.807, 2.05) is 36.1 Å². The maximum atomic E-state index is 13.3. The first-order valence-electron chi connectivity index (χ1n) is 22.8. The maximum Gasteiger partial charge on any atom is 0.255 e. The number of nitrogens with zero attached hydrogens (tertiary/aromatic N) is 5. The van der Waals surface area contributed by atoms with Crippen molar-refractivity contribution in [2.45, 2.75) is 57.8 Å². The smallest absolute Gasteiger partial charge is 0.255 e. The fraction of sp³-hybridized carbons (Fsp3) is 0.417.